The Bertz CT molecular complexity index is 457. The minimum absolute atomic E-state index is 0.0514. The van der Waals surface area contributed by atoms with Gasteiger partial charge in [-0.25, -0.2) is 4.79 Å². The highest BCUT2D eigenvalue weighted by Gasteiger charge is 2.21. The second-order valence-corrected chi connectivity index (χ2v) is 4.17. The lowest BCUT2D eigenvalue weighted by Gasteiger charge is -2.19. The van der Waals surface area contributed by atoms with Crippen LogP contribution in [0.3, 0.4) is 0 Å². The number of rotatable bonds is 2. The summed E-state index contributed by atoms with van der Waals surface area (Å²) < 4.78 is 5.15. The lowest BCUT2D eigenvalue weighted by molar-refractivity contribution is -0.128. The summed E-state index contributed by atoms with van der Waals surface area (Å²) in [6.07, 6.45) is 1.94. The Kier molecular flexibility index (Phi) is 3.50. The number of amides is 1. The first-order valence-electron chi connectivity index (χ1n) is 5.77. The van der Waals surface area contributed by atoms with Crippen LogP contribution >= 0.6 is 0 Å². The fourth-order valence-corrected chi connectivity index (χ4v) is 1.93. The highest BCUT2D eigenvalue weighted by Crippen LogP contribution is 2.16. The van der Waals surface area contributed by atoms with E-state index < -0.39 is 5.97 Å². The number of hydrogen-bond acceptors (Lipinski definition) is 5. The third-order valence-corrected chi connectivity index (χ3v) is 2.92. The Balaban J connectivity index is 2.05. The van der Waals surface area contributed by atoms with E-state index in [2.05, 4.69) is 4.98 Å². The SMILES string of the molecule is CC(=O)N1CCCN(c2nc(C(=O)O)co2)CC1. The number of carboxylic acid groups (broad SMARTS) is 1. The van der Waals surface area contributed by atoms with Crippen LogP contribution in [0.15, 0.2) is 10.7 Å². The standard InChI is InChI=1S/C11H15N3O4/c1-8(15)13-3-2-4-14(6-5-13)11-12-9(7-18-11)10(16)17/h7H,2-6H2,1H3,(H,16,17). The molecule has 0 atom stereocenters. The molecule has 1 N–H and O–H groups in total. The number of aromatic nitrogens is 1. The fourth-order valence-electron chi connectivity index (χ4n) is 1.93. The van der Waals surface area contributed by atoms with Crippen LogP contribution in [0, 0.1) is 0 Å². The molecule has 1 aromatic rings. The average molecular weight is 253 g/mol. The van der Waals surface area contributed by atoms with Crippen LogP contribution in [0.25, 0.3) is 0 Å². The second-order valence-electron chi connectivity index (χ2n) is 4.17. The summed E-state index contributed by atoms with van der Waals surface area (Å²) in [5, 5.41) is 8.77. The van der Waals surface area contributed by atoms with Crippen molar-refractivity contribution in [3.63, 3.8) is 0 Å². The van der Waals surface area contributed by atoms with E-state index in [1.807, 2.05) is 4.90 Å². The second kappa shape index (κ2) is 5.07. The van der Waals surface area contributed by atoms with Crippen molar-refractivity contribution in [3.05, 3.63) is 12.0 Å². The van der Waals surface area contributed by atoms with Crippen molar-refractivity contribution < 1.29 is 19.1 Å². The van der Waals surface area contributed by atoms with Gasteiger partial charge in [-0.2, -0.15) is 4.98 Å². The van der Waals surface area contributed by atoms with Crippen LogP contribution in [-0.4, -0.2) is 53.0 Å². The molecule has 2 rings (SSSR count). The number of carbonyl (C=O) groups is 2. The quantitative estimate of drug-likeness (QED) is 0.822. The molecule has 7 heteroatoms. The summed E-state index contributed by atoms with van der Waals surface area (Å²) in [6.45, 7) is 4.14. The van der Waals surface area contributed by atoms with E-state index >= 15 is 0 Å². The molecule has 1 aliphatic rings. The lowest BCUT2D eigenvalue weighted by Crippen LogP contribution is -2.33. The largest absolute Gasteiger partial charge is 0.476 e. The first kappa shape index (κ1) is 12.4. The monoisotopic (exact) mass is 253 g/mol. The summed E-state index contributed by atoms with van der Waals surface area (Å²) >= 11 is 0. The number of aromatic carboxylic acids is 1. The zero-order chi connectivity index (χ0) is 13.1. The maximum Gasteiger partial charge on any atom is 0.357 e. The molecule has 1 aromatic heterocycles. The van der Waals surface area contributed by atoms with Crippen LogP contribution < -0.4 is 4.90 Å². The van der Waals surface area contributed by atoms with Gasteiger partial charge in [0, 0.05) is 33.1 Å². The highest BCUT2D eigenvalue weighted by atomic mass is 16.4. The van der Waals surface area contributed by atoms with Gasteiger partial charge >= 0.3 is 5.97 Å². The third kappa shape index (κ3) is 2.61. The van der Waals surface area contributed by atoms with Crippen LogP contribution in [0.5, 0.6) is 0 Å². The average Bonchev–Trinajstić information content (AvgIpc) is 2.67. The Morgan fingerprint density at radius 1 is 1.33 bits per heavy atom. The molecule has 1 amide bonds. The number of carboxylic acids is 1. The minimum Gasteiger partial charge on any atom is -0.476 e. The molecule has 2 heterocycles. The fraction of sp³-hybridized carbons (Fsp3) is 0.545. The smallest absolute Gasteiger partial charge is 0.357 e. The van der Waals surface area contributed by atoms with Crippen molar-refractivity contribution in [1.29, 1.82) is 0 Å². The zero-order valence-electron chi connectivity index (χ0n) is 10.1. The molecule has 1 aliphatic heterocycles. The Hall–Kier alpha value is -2.05. The van der Waals surface area contributed by atoms with E-state index in [1.54, 1.807) is 11.8 Å². The van der Waals surface area contributed by atoms with Crippen molar-refractivity contribution >= 4 is 17.9 Å². The van der Waals surface area contributed by atoms with Crippen LogP contribution in [0.4, 0.5) is 6.01 Å². The van der Waals surface area contributed by atoms with Crippen molar-refractivity contribution in [2.24, 2.45) is 0 Å². The zero-order valence-corrected chi connectivity index (χ0v) is 10.1. The Labute approximate surface area is 104 Å². The van der Waals surface area contributed by atoms with Gasteiger partial charge in [0.15, 0.2) is 5.69 Å². The molecule has 18 heavy (non-hydrogen) atoms. The van der Waals surface area contributed by atoms with Crippen molar-refractivity contribution in [1.82, 2.24) is 9.88 Å². The van der Waals surface area contributed by atoms with Crippen LogP contribution in [0.2, 0.25) is 0 Å². The predicted molar refractivity (Wildman–Crippen MR) is 62.5 cm³/mol. The number of carbonyl (C=O) groups excluding carboxylic acids is 1. The number of hydrogen-bond donors (Lipinski definition) is 1. The van der Waals surface area contributed by atoms with Gasteiger partial charge in [0.25, 0.3) is 6.01 Å². The highest BCUT2D eigenvalue weighted by molar-refractivity contribution is 5.85. The van der Waals surface area contributed by atoms with E-state index in [0.29, 0.717) is 32.2 Å². The minimum atomic E-state index is -1.11. The first-order chi connectivity index (χ1) is 8.58. The van der Waals surface area contributed by atoms with Gasteiger partial charge in [-0.1, -0.05) is 0 Å². The molecule has 0 spiro atoms. The predicted octanol–water partition coefficient (Wildman–Crippen LogP) is 0.431. The van der Waals surface area contributed by atoms with Gasteiger partial charge in [-0.15, -0.1) is 0 Å². The number of oxazole rings is 1. The summed E-state index contributed by atoms with van der Waals surface area (Å²) in [5.41, 5.74) is -0.0994. The number of nitrogens with zero attached hydrogens (tertiary/aromatic N) is 3. The molecule has 98 valence electrons. The van der Waals surface area contributed by atoms with Crippen molar-refractivity contribution in [3.8, 4) is 0 Å². The molecule has 0 saturated carbocycles. The maximum atomic E-state index is 11.3. The van der Waals surface area contributed by atoms with Crippen LogP contribution in [0.1, 0.15) is 23.8 Å². The van der Waals surface area contributed by atoms with Gasteiger partial charge in [-0.05, 0) is 6.42 Å². The maximum absolute atomic E-state index is 11.3. The van der Waals surface area contributed by atoms with Gasteiger partial charge in [0.1, 0.15) is 6.26 Å². The molecule has 0 unspecified atom stereocenters. The molecule has 0 radical (unpaired) electrons. The van der Waals surface area contributed by atoms with Gasteiger partial charge in [0.2, 0.25) is 5.91 Å². The Morgan fingerprint density at radius 3 is 2.72 bits per heavy atom. The molecule has 1 fully saturated rings. The summed E-state index contributed by atoms with van der Waals surface area (Å²) in [4.78, 5) is 29.5. The number of anilines is 1. The normalized spacial score (nSPS) is 16.5. The Morgan fingerprint density at radius 2 is 2.11 bits per heavy atom. The molecular formula is C11H15N3O4. The molecule has 0 bridgehead atoms. The first-order valence-corrected chi connectivity index (χ1v) is 5.77. The summed E-state index contributed by atoms with van der Waals surface area (Å²) in [6, 6.07) is 0.304. The topological polar surface area (TPSA) is 86.9 Å². The van der Waals surface area contributed by atoms with E-state index in [1.165, 1.54) is 0 Å². The van der Waals surface area contributed by atoms with E-state index in [9.17, 15) is 9.59 Å². The summed E-state index contributed by atoms with van der Waals surface area (Å²) in [7, 11) is 0. The van der Waals surface area contributed by atoms with Crippen molar-refractivity contribution in [2.75, 3.05) is 31.1 Å². The molecule has 1 saturated heterocycles. The van der Waals surface area contributed by atoms with Crippen LogP contribution in [-0.2, 0) is 4.79 Å². The van der Waals surface area contributed by atoms with Gasteiger partial charge < -0.3 is 19.3 Å². The lowest BCUT2D eigenvalue weighted by atomic mass is 10.4. The van der Waals surface area contributed by atoms with Gasteiger partial charge in [-0.3, -0.25) is 4.79 Å². The molecule has 0 aliphatic carbocycles. The van der Waals surface area contributed by atoms with E-state index in [-0.39, 0.29) is 11.6 Å². The summed E-state index contributed by atoms with van der Waals surface area (Å²) in [5.74, 6) is -1.05. The van der Waals surface area contributed by atoms with E-state index in [0.717, 1.165) is 12.7 Å². The molecule has 0 aromatic carbocycles. The molecular weight excluding hydrogens is 238 g/mol. The van der Waals surface area contributed by atoms with E-state index in [4.69, 9.17) is 9.52 Å². The van der Waals surface area contributed by atoms with Crippen molar-refractivity contribution in [2.45, 2.75) is 13.3 Å². The molecule has 7 nitrogen and oxygen atoms in total. The van der Waals surface area contributed by atoms with Gasteiger partial charge in [0.05, 0.1) is 0 Å². The third-order valence-electron chi connectivity index (χ3n) is 2.92.